The highest BCUT2D eigenvalue weighted by atomic mass is 19.3. The van der Waals surface area contributed by atoms with Gasteiger partial charge in [0.2, 0.25) is 5.82 Å². The molecule has 0 aromatic carbocycles. The molecule has 0 saturated carbocycles. The fraction of sp³-hybridized carbons (Fsp3) is 0.778. The Labute approximate surface area is 95.8 Å². The van der Waals surface area contributed by atoms with Crippen molar-refractivity contribution < 1.29 is 17.6 Å². The molecule has 0 bridgehead atoms. The Hall–Kier alpha value is -1.18. The van der Waals surface area contributed by atoms with Crippen molar-refractivity contribution in [3.05, 3.63) is 11.6 Å². The number of nitrogens with two attached hydrogens (primary N) is 1. The van der Waals surface area contributed by atoms with E-state index in [9.17, 15) is 17.6 Å². The number of rotatable bonds is 5. The summed E-state index contributed by atoms with van der Waals surface area (Å²) in [5, 5.41) is 6.55. The van der Waals surface area contributed by atoms with E-state index in [4.69, 9.17) is 5.73 Å². The first kappa shape index (κ1) is 13.9. The average molecular weight is 254 g/mol. The summed E-state index contributed by atoms with van der Waals surface area (Å²) in [5.74, 6) is -5.27. The van der Waals surface area contributed by atoms with Crippen molar-refractivity contribution >= 4 is 0 Å². The number of hydrogen-bond donors (Lipinski definition) is 1. The first-order valence-electron chi connectivity index (χ1n) is 5.09. The Morgan fingerprint density at radius 1 is 1.29 bits per heavy atom. The van der Waals surface area contributed by atoms with Crippen molar-refractivity contribution in [1.29, 1.82) is 0 Å². The quantitative estimate of drug-likeness (QED) is 0.814. The molecule has 0 aliphatic carbocycles. The van der Waals surface area contributed by atoms with Gasteiger partial charge in [-0.2, -0.15) is 8.78 Å². The smallest absolute Gasteiger partial charge is 0.324 e. The number of alkyl halides is 4. The molecule has 0 aliphatic heterocycles. The topological polar surface area (TPSA) is 56.7 Å². The standard InChI is InChI=1S/C9H14F4N4/c1-5(2)4-17-6(3-14)15-16-8(17)9(12,13)7(10)11/h5,7H,3-4,14H2,1-2H3. The lowest BCUT2D eigenvalue weighted by atomic mass is 10.2. The van der Waals surface area contributed by atoms with E-state index in [1.165, 1.54) is 0 Å². The zero-order valence-corrected chi connectivity index (χ0v) is 9.50. The molecule has 1 rings (SSSR count). The van der Waals surface area contributed by atoms with Gasteiger partial charge in [-0.15, -0.1) is 10.2 Å². The van der Waals surface area contributed by atoms with E-state index in [0.717, 1.165) is 4.57 Å². The van der Waals surface area contributed by atoms with Crippen molar-refractivity contribution in [2.45, 2.75) is 39.3 Å². The fourth-order valence-electron chi connectivity index (χ4n) is 1.39. The summed E-state index contributed by atoms with van der Waals surface area (Å²) in [6, 6.07) is 0. The van der Waals surface area contributed by atoms with E-state index in [1.54, 1.807) is 13.8 Å². The second-order valence-corrected chi connectivity index (χ2v) is 4.07. The van der Waals surface area contributed by atoms with Crippen LogP contribution in [0.1, 0.15) is 25.5 Å². The van der Waals surface area contributed by atoms with Crippen LogP contribution in [0.2, 0.25) is 0 Å². The molecule has 0 unspecified atom stereocenters. The summed E-state index contributed by atoms with van der Waals surface area (Å²) in [6.45, 7) is 3.53. The summed E-state index contributed by atoms with van der Waals surface area (Å²) in [7, 11) is 0. The number of halogens is 4. The van der Waals surface area contributed by atoms with Gasteiger partial charge >= 0.3 is 12.3 Å². The van der Waals surface area contributed by atoms with Crippen LogP contribution >= 0.6 is 0 Å². The highest BCUT2D eigenvalue weighted by Gasteiger charge is 2.47. The second kappa shape index (κ2) is 4.99. The molecule has 8 heteroatoms. The predicted octanol–water partition coefficient (Wildman–Crippen LogP) is 1.75. The van der Waals surface area contributed by atoms with Gasteiger partial charge in [-0.3, -0.25) is 0 Å². The van der Waals surface area contributed by atoms with Gasteiger partial charge in [-0.1, -0.05) is 13.8 Å². The van der Waals surface area contributed by atoms with Crippen molar-refractivity contribution in [3.8, 4) is 0 Å². The molecule has 2 N–H and O–H groups in total. The van der Waals surface area contributed by atoms with E-state index in [2.05, 4.69) is 10.2 Å². The SMILES string of the molecule is CC(C)Cn1c(CN)nnc1C(F)(F)C(F)F. The molecule has 4 nitrogen and oxygen atoms in total. The summed E-state index contributed by atoms with van der Waals surface area (Å²) in [6.07, 6.45) is -3.82. The third-order valence-electron chi connectivity index (χ3n) is 2.13. The van der Waals surface area contributed by atoms with Gasteiger partial charge in [-0.25, -0.2) is 8.78 Å². The Morgan fingerprint density at radius 3 is 2.29 bits per heavy atom. The maximum Gasteiger partial charge on any atom is 0.365 e. The van der Waals surface area contributed by atoms with Crippen LogP contribution in [0.3, 0.4) is 0 Å². The van der Waals surface area contributed by atoms with Gasteiger partial charge in [0.25, 0.3) is 0 Å². The van der Waals surface area contributed by atoms with Gasteiger partial charge in [-0.05, 0) is 5.92 Å². The van der Waals surface area contributed by atoms with E-state index >= 15 is 0 Å². The lowest BCUT2D eigenvalue weighted by Crippen LogP contribution is -2.29. The highest BCUT2D eigenvalue weighted by molar-refractivity contribution is 5.04. The summed E-state index contributed by atoms with van der Waals surface area (Å²) < 4.78 is 52.0. The molecule has 17 heavy (non-hydrogen) atoms. The molecule has 1 aromatic heterocycles. The van der Waals surface area contributed by atoms with Crippen molar-refractivity contribution in [2.24, 2.45) is 11.7 Å². The van der Waals surface area contributed by atoms with E-state index in [-0.39, 0.29) is 24.8 Å². The van der Waals surface area contributed by atoms with Crippen LogP contribution in [0.15, 0.2) is 0 Å². The van der Waals surface area contributed by atoms with Crippen LogP contribution in [0, 0.1) is 5.92 Å². The molecular formula is C9H14F4N4. The zero-order chi connectivity index (χ0) is 13.2. The molecule has 0 saturated heterocycles. The van der Waals surface area contributed by atoms with E-state index in [1.807, 2.05) is 0 Å². The number of aromatic nitrogens is 3. The Bertz CT molecular complexity index is 375. The largest absolute Gasteiger partial charge is 0.365 e. The molecule has 0 aliphatic rings. The zero-order valence-electron chi connectivity index (χ0n) is 9.50. The second-order valence-electron chi connectivity index (χ2n) is 4.07. The number of hydrogen-bond acceptors (Lipinski definition) is 3. The summed E-state index contributed by atoms with van der Waals surface area (Å²) in [5.41, 5.74) is 5.30. The average Bonchev–Trinajstić information content (AvgIpc) is 2.60. The Kier molecular flexibility index (Phi) is 4.07. The van der Waals surface area contributed by atoms with Crippen molar-refractivity contribution in [1.82, 2.24) is 14.8 Å². The van der Waals surface area contributed by atoms with Gasteiger partial charge in [0.05, 0.1) is 6.54 Å². The minimum absolute atomic E-state index is 0.0106. The molecule has 0 radical (unpaired) electrons. The van der Waals surface area contributed by atoms with Crippen LogP contribution < -0.4 is 5.73 Å². The third-order valence-corrected chi connectivity index (χ3v) is 2.13. The third kappa shape index (κ3) is 2.74. The molecule has 1 heterocycles. The first-order chi connectivity index (χ1) is 7.80. The van der Waals surface area contributed by atoms with Crippen molar-refractivity contribution in [2.75, 3.05) is 0 Å². The maximum atomic E-state index is 13.2. The van der Waals surface area contributed by atoms with Crippen LogP contribution in [0.25, 0.3) is 0 Å². The van der Waals surface area contributed by atoms with Gasteiger partial charge in [0, 0.05) is 6.54 Å². The predicted molar refractivity (Wildman–Crippen MR) is 52.6 cm³/mol. The van der Waals surface area contributed by atoms with E-state index < -0.39 is 18.2 Å². The molecular weight excluding hydrogens is 240 g/mol. The van der Waals surface area contributed by atoms with Gasteiger partial charge in [0.1, 0.15) is 5.82 Å². The first-order valence-corrected chi connectivity index (χ1v) is 5.09. The van der Waals surface area contributed by atoms with Crippen LogP contribution in [-0.2, 0) is 19.0 Å². The molecule has 0 amide bonds. The van der Waals surface area contributed by atoms with Crippen LogP contribution in [0.4, 0.5) is 17.6 Å². The fourth-order valence-corrected chi connectivity index (χ4v) is 1.39. The Balaban J connectivity index is 3.20. The monoisotopic (exact) mass is 254 g/mol. The van der Waals surface area contributed by atoms with Gasteiger partial charge < -0.3 is 10.3 Å². The van der Waals surface area contributed by atoms with E-state index in [0.29, 0.717) is 0 Å². The molecule has 0 atom stereocenters. The maximum absolute atomic E-state index is 13.2. The normalized spacial score (nSPS) is 12.8. The lowest BCUT2D eigenvalue weighted by molar-refractivity contribution is -0.143. The highest BCUT2D eigenvalue weighted by Crippen LogP contribution is 2.33. The molecule has 0 spiro atoms. The van der Waals surface area contributed by atoms with Gasteiger partial charge in [0.15, 0.2) is 0 Å². The molecule has 1 aromatic rings. The molecule has 0 fully saturated rings. The minimum atomic E-state index is -4.31. The van der Waals surface area contributed by atoms with Crippen molar-refractivity contribution in [3.63, 3.8) is 0 Å². The summed E-state index contributed by atoms with van der Waals surface area (Å²) in [4.78, 5) is 0. The molecule has 98 valence electrons. The summed E-state index contributed by atoms with van der Waals surface area (Å²) >= 11 is 0. The Morgan fingerprint density at radius 2 is 1.88 bits per heavy atom. The minimum Gasteiger partial charge on any atom is -0.324 e. The van der Waals surface area contributed by atoms with Crippen LogP contribution in [-0.4, -0.2) is 21.2 Å². The van der Waals surface area contributed by atoms with Crippen LogP contribution in [0.5, 0.6) is 0 Å². The lowest BCUT2D eigenvalue weighted by Gasteiger charge is -2.18. The number of nitrogens with zero attached hydrogens (tertiary/aromatic N) is 3.